The average molecular weight is 254 g/mol. The van der Waals surface area contributed by atoms with Crippen molar-refractivity contribution < 1.29 is 9.53 Å². The van der Waals surface area contributed by atoms with Gasteiger partial charge in [-0.25, -0.2) is 0 Å². The number of hydrogen-bond acceptors (Lipinski definition) is 3. The molecular weight excluding hydrogens is 228 g/mol. The number of carbonyl (C=O) groups is 1. The van der Waals surface area contributed by atoms with Gasteiger partial charge in [0.1, 0.15) is 6.04 Å². The van der Waals surface area contributed by atoms with Crippen molar-refractivity contribution in [3.05, 3.63) is 0 Å². The van der Waals surface area contributed by atoms with E-state index in [-0.39, 0.29) is 18.1 Å². The number of carbonyl (C=O) groups excluding carboxylic acids is 1. The lowest BCUT2D eigenvalue weighted by Crippen LogP contribution is -2.55. The van der Waals surface area contributed by atoms with Crippen molar-refractivity contribution in [2.75, 3.05) is 19.7 Å². The fraction of sp³-hybridized carbons (Fsp3) is 0.929. The monoisotopic (exact) mass is 254 g/mol. The minimum atomic E-state index is -0.176. The molecule has 0 aromatic heterocycles. The molecule has 2 N–H and O–H groups in total. The Hall–Kier alpha value is -0.610. The number of ether oxygens (including phenoxy) is 1. The molecule has 0 aromatic rings. The third kappa shape index (κ3) is 3.95. The molecule has 1 aliphatic carbocycles. The van der Waals surface area contributed by atoms with Crippen LogP contribution in [-0.2, 0) is 9.53 Å². The van der Waals surface area contributed by atoms with Gasteiger partial charge in [-0.1, -0.05) is 32.1 Å². The third-order valence-corrected chi connectivity index (χ3v) is 4.18. The summed E-state index contributed by atoms with van der Waals surface area (Å²) < 4.78 is 5.48. The SMILES string of the molecule is C[C@H]1OCCN[C@@H]1C(=O)NCCC1CCCCC1. The molecule has 2 fully saturated rings. The maximum atomic E-state index is 12.0. The van der Waals surface area contributed by atoms with Crippen molar-refractivity contribution in [1.82, 2.24) is 10.6 Å². The van der Waals surface area contributed by atoms with Crippen LogP contribution in [0.2, 0.25) is 0 Å². The second-order valence-corrected chi connectivity index (χ2v) is 5.59. The van der Waals surface area contributed by atoms with E-state index >= 15 is 0 Å². The van der Waals surface area contributed by atoms with Gasteiger partial charge >= 0.3 is 0 Å². The summed E-state index contributed by atoms with van der Waals surface area (Å²) in [5, 5.41) is 6.27. The summed E-state index contributed by atoms with van der Waals surface area (Å²) >= 11 is 0. The molecule has 1 saturated heterocycles. The van der Waals surface area contributed by atoms with Crippen LogP contribution in [-0.4, -0.2) is 37.7 Å². The summed E-state index contributed by atoms with van der Waals surface area (Å²) in [6.45, 7) is 4.24. The second-order valence-electron chi connectivity index (χ2n) is 5.59. The predicted molar refractivity (Wildman–Crippen MR) is 71.4 cm³/mol. The maximum absolute atomic E-state index is 12.0. The molecule has 0 bridgehead atoms. The van der Waals surface area contributed by atoms with E-state index in [1.54, 1.807) is 0 Å². The van der Waals surface area contributed by atoms with Crippen LogP contribution in [0, 0.1) is 5.92 Å². The van der Waals surface area contributed by atoms with Crippen LogP contribution in [0.5, 0.6) is 0 Å². The van der Waals surface area contributed by atoms with E-state index in [4.69, 9.17) is 4.74 Å². The van der Waals surface area contributed by atoms with E-state index in [0.29, 0.717) is 6.61 Å². The van der Waals surface area contributed by atoms with E-state index in [0.717, 1.165) is 25.4 Å². The number of rotatable bonds is 4. The summed E-state index contributed by atoms with van der Waals surface area (Å²) in [6.07, 6.45) is 7.93. The smallest absolute Gasteiger partial charge is 0.239 e. The molecule has 0 radical (unpaired) electrons. The molecule has 1 amide bonds. The van der Waals surface area contributed by atoms with Crippen molar-refractivity contribution in [1.29, 1.82) is 0 Å². The average Bonchev–Trinajstić information content (AvgIpc) is 2.40. The van der Waals surface area contributed by atoms with Gasteiger partial charge in [0, 0.05) is 13.1 Å². The molecule has 4 heteroatoms. The standard InChI is InChI=1S/C14H26N2O2/c1-11-13(15-9-10-18-11)14(17)16-8-7-12-5-3-2-4-6-12/h11-13,15H,2-10H2,1H3,(H,16,17)/t11-,13+/m1/s1. The Morgan fingerprint density at radius 2 is 2.11 bits per heavy atom. The van der Waals surface area contributed by atoms with E-state index in [2.05, 4.69) is 10.6 Å². The van der Waals surface area contributed by atoms with E-state index in [1.165, 1.54) is 32.1 Å². The fourth-order valence-corrected chi connectivity index (χ4v) is 3.01. The summed E-state index contributed by atoms with van der Waals surface area (Å²) in [4.78, 5) is 12.0. The fourth-order valence-electron chi connectivity index (χ4n) is 3.01. The highest BCUT2D eigenvalue weighted by Gasteiger charge is 2.28. The number of nitrogens with one attached hydrogen (secondary N) is 2. The molecule has 4 nitrogen and oxygen atoms in total. The van der Waals surface area contributed by atoms with Crippen LogP contribution < -0.4 is 10.6 Å². The Morgan fingerprint density at radius 1 is 1.33 bits per heavy atom. The summed E-state index contributed by atoms with van der Waals surface area (Å²) in [5.74, 6) is 0.921. The van der Waals surface area contributed by atoms with Gasteiger partial charge in [0.25, 0.3) is 0 Å². The molecule has 104 valence electrons. The van der Waals surface area contributed by atoms with Crippen LogP contribution in [0.25, 0.3) is 0 Å². The molecule has 0 aromatic carbocycles. The Kier molecular flexibility index (Phi) is 5.45. The van der Waals surface area contributed by atoms with Gasteiger partial charge in [0.2, 0.25) is 5.91 Å². The molecule has 0 spiro atoms. The quantitative estimate of drug-likeness (QED) is 0.798. The van der Waals surface area contributed by atoms with Crippen LogP contribution >= 0.6 is 0 Å². The molecule has 2 aliphatic rings. The van der Waals surface area contributed by atoms with Crippen molar-refractivity contribution in [2.45, 2.75) is 57.6 Å². The zero-order chi connectivity index (χ0) is 12.8. The van der Waals surface area contributed by atoms with Gasteiger partial charge < -0.3 is 15.4 Å². The summed E-state index contributed by atoms with van der Waals surface area (Å²) in [5.41, 5.74) is 0. The third-order valence-electron chi connectivity index (χ3n) is 4.18. The topological polar surface area (TPSA) is 50.4 Å². The van der Waals surface area contributed by atoms with Crippen molar-refractivity contribution >= 4 is 5.91 Å². The highest BCUT2D eigenvalue weighted by atomic mass is 16.5. The Labute approximate surface area is 110 Å². The molecule has 2 rings (SSSR count). The van der Waals surface area contributed by atoms with Gasteiger partial charge in [0.15, 0.2) is 0 Å². The normalized spacial score (nSPS) is 30.1. The lowest BCUT2D eigenvalue weighted by Gasteiger charge is -2.29. The summed E-state index contributed by atoms with van der Waals surface area (Å²) in [7, 11) is 0. The first-order valence-corrected chi connectivity index (χ1v) is 7.40. The van der Waals surface area contributed by atoms with Gasteiger partial charge in [-0.05, 0) is 19.3 Å². The van der Waals surface area contributed by atoms with Crippen LogP contribution in [0.1, 0.15) is 45.4 Å². The zero-order valence-corrected chi connectivity index (χ0v) is 11.4. The first-order valence-electron chi connectivity index (χ1n) is 7.40. The minimum absolute atomic E-state index is 0.0200. The minimum Gasteiger partial charge on any atom is -0.375 e. The second kappa shape index (κ2) is 7.10. The molecule has 1 heterocycles. The molecule has 2 atom stereocenters. The molecule has 1 aliphatic heterocycles. The van der Waals surface area contributed by atoms with Gasteiger partial charge in [-0.2, -0.15) is 0 Å². The largest absolute Gasteiger partial charge is 0.375 e. The van der Waals surface area contributed by atoms with E-state index in [9.17, 15) is 4.79 Å². The van der Waals surface area contributed by atoms with Gasteiger partial charge in [-0.3, -0.25) is 4.79 Å². The molecular formula is C14H26N2O2. The van der Waals surface area contributed by atoms with E-state index < -0.39 is 0 Å². The Morgan fingerprint density at radius 3 is 2.83 bits per heavy atom. The van der Waals surface area contributed by atoms with Gasteiger partial charge in [0.05, 0.1) is 12.7 Å². The Bertz CT molecular complexity index is 265. The summed E-state index contributed by atoms with van der Waals surface area (Å²) in [6, 6.07) is -0.176. The molecule has 0 unspecified atom stereocenters. The maximum Gasteiger partial charge on any atom is 0.239 e. The lowest BCUT2D eigenvalue weighted by molar-refractivity contribution is -0.128. The van der Waals surface area contributed by atoms with Crippen molar-refractivity contribution in [3.63, 3.8) is 0 Å². The van der Waals surface area contributed by atoms with Crippen LogP contribution in [0.3, 0.4) is 0 Å². The molecule has 1 saturated carbocycles. The number of amides is 1. The predicted octanol–water partition coefficient (Wildman–Crippen LogP) is 1.45. The van der Waals surface area contributed by atoms with Crippen molar-refractivity contribution in [3.8, 4) is 0 Å². The number of hydrogen-bond donors (Lipinski definition) is 2. The van der Waals surface area contributed by atoms with Crippen LogP contribution in [0.15, 0.2) is 0 Å². The zero-order valence-electron chi connectivity index (χ0n) is 11.4. The highest BCUT2D eigenvalue weighted by Crippen LogP contribution is 2.25. The Balaban J connectivity index is 1.64. The lowest BCUT2D eigenvalue weighted by atomic mass is 9.87. The first-order chi connectivity index (χ1) is 8.77. The highest BCUT2D eigenvalue weighted by molar-refractivity contribution is 5.82. The van der Waals surface area contributed by atoms with Gasteiger partial charge in [-0.15, -0.1) is 0 Å². The first kappa shape index (κ1) is 13.8. The van der Waals surface area contributed by atoms with Crippen molar-refractivity contribution in [2.24, 2.45) is 5.92 Å². The van der Waals surface area contributed by atoms with Crippen LogP contribution in [0.4, 0.5) is 0 Å². The van der Waals surface area contributed by atoms with E-state index in [1.807, 2.05) is 6.92 Å². The number of morpholine rings is 1. The molecule has 18 heavy (non-hydrogen) atoms.